The van der Waals surface area contributed by atoms with Gasteiger partial charge in [0, 0.05) is 18.5 Å². The van der Waals surface area contributed by atoms with E-state index in [-0.39, 0.29) is 5.91 Å². The first-order valence-corrected chi connectivity index (χ1v) is 7.83. The lowest BCUT2D eigenvalue weighted by Gasteiger charge is -2.11. The maximum absolute atomic E-state index is 12.6. The Kier molecular flexibility index (Phi) is 3.81. The number of aryl methyl sites for hydroxylation is 1. The summed E-state index contributed by atoms with van der Waals surface area (Å²) >= 11 is 0. The predicted octanol–water partition coefficient (Wildman–Crippen LogP) is 1.88. The molecule has 0 fully saturated rings. The van der Waals surface area contributed by atoms with Gasteiger partial charge in [0.05, 0.1) is 18.5 Å². The Morgan fingerprint density at radius 2 is 2.15 bits per heavy atom. The van der Waals surface area contributed by atoms with E-state index in [1.54, 1.807) is 24.4 Å². The molecule has 0 atom stereocenters. The van der Waals surface area contributed by atoms with Gasteiger partial charge in [0.15, 0.2) is 0 Å². The number of hydrogen-bond acceptors (Lipinski definition) is 6. The van der Waals surface area contributed by atoms with Crippen LogP contribution in [0.15, 0.2) is 49.1 Å². The number of imidazole rings is 1. The summed E-state index contributed by atoms with van der Waals surface area (Å²) in [4.78, 5) is 17.0. The summed E-state index contributed by atoms with van der Waals surface area (Å²) in [7, 11) is 1.53. The van der Waals surface area contributed by atoms with Gasteiger partial charge in [0.1, 0.15) is 23.4 Å². The second-order valence-corrected chi connectivity index (χ2v) is 5.64. The van der Waals surface area contributed by atoms with Crippen LogP contribution in [0, 0.1) is 6.92 Å². The third-order valence-corrected chi connectivity index (χ3v) is 3.96. The molecule has 9 nitrogen and oxygen atoms in total. The number of pyridine rings is 1. The van der Waals surface area contributed by atoms with Crippen LogP contribution in [-0.2, 0) is 0 Å². The van der Waals surface area contributed by atoms with E-state index in [2.05, 4.69) is 25.8 Å². The first-order valence-electron chi connectivity index (χ1n) is 7.83. The summed E-state index contributed by atoms with van der Waals surface area (Å²) in [5, 5.41) is 13.9. The number of rotatable bonds is 4. The Morgan fingerprint density at radius 1 is 1.27 bits per heavy atom. The Labute approximate surface area is 148 Å². The molecule has 0 aliphatic carbocycles. The van der Waals surface area contributed by atoms with Crippen molar-refractivity contribution in [3.63, 3.8) is 0 Å². The molecule has 0 aliphatic rings. The van der Waals surface area contributed by atoms with Crippen molar-refractivity contribution in [1.29, 1.82) is 0 Å². The molecule has 0 spiro atoms. The van der Waals surface area contributed by atoms with Gasteiger partial charge < -0.3 is 14.5 Å². The first-order chi connectivity index (χ1) is 12.7. The highest BCUT2D eigenvalue weighted by Crippen LogP contribution is 2.27. The number of fused-ring (bicyclic) bond motifs is 1. The summed E-state index contributed by atoms with van der Waals surface area (Å²) in [6.45, 7) is 1.95. The second-order valence-electron chi connectivity index (χ2n) is 5.64. The molecule has 130 valence electrons. The van der Waals surface area contributed by atoms with Crippen molar-refractivity contribution in [2.24, 2.45) is 0 Å². The summed E-state index contributed by atoms with van der Waals surface area (Å²) in [6.07, 6.45) is 5.03. The largest absolute Gasteiger partial charge is 0.494 e. The lowest BCUT2D eigenvalue weighted by Crippen LogP contribution is -2.13. The highest BCUT2D eigenvalue weighted by molar-refractivity contribution is 6.04. The minimum atomic E-state index is -0.318. The van der Waals surface area contributed by atoms with Crippen LogP contribution in [0.25, 0.3) is 11.3 Å². The van der Waals surface area contributed by atoms with Crippen LogP contribution in [0.1, 0.15) is 16.1 Å². The second kappa shape index (κ2) is 6.28. The third-order valence-electron chi connectivity index (χ3n) is 3.96. The van der Waals surface area contributed by atoms with E-state index < -0.39 is 0 Å². The van der Waals surface area contributed by atoms with Crippen molar-refractivity contribution >= 4 is 17.2 Å². The van der Waals surface area contributed by atoms with Crippen LogP contribution in [0.2, 0.25) is 0 Å². The van der Waals surface area contributed by atoms with E-state index in [1.165, 1.54) is 18.1 Å². The van der Waals surface area contributed by atoms with Gasteiger partial charge in [-0.25, -0.2) is 9.67 Å². The maximum Gasteiger partial charge on any atom is 0.275 e. The molecular weight excluding hydrogens is 334 g/mol. The van der Waals surface area contributed by atoms with E-state index in [1.807, 2.05) is 29.7 Å². The van der Waals surface area contributed by atoms with Crippen molar-refractivity contribution in [3.05, 3.63) is 60.3 Å². The fourth-order valence-electron chi connectivity index (χ4n) is 2.65. The number of nitrogens with one attached hydrogen (secondary N) is 1. The van der Waals surface area contributed by atoms with Crippen molar-refractivity contribution in [3.8, 4) is 11.4 Å². The smallest absolute Gasteiger partial charge is 0.275 e. The first kappa shape index (κ1) is 15.8. The van der Waals surface area contributed by atoms with Crippen molar-refractivity contribution in [2.45, 2.75) is 6.92 Å². The van der Waals surface area contributed by atoms with Gasteiger partial charge in [0.25, 0.3) is 5.91 Å². The maximum atomic E-state index is 12.6. The van der Waals surface area contributed by atoms with Crippen molar-refractivity contribution in [1.82, 2.24) is 29.6 Å². The van der Waals surface area contributed by atoms with Gasteiger partial charge in [-0.2, -0.15) is 0 Å². The van der Waals surface area contributed by atoms with E-state index in [0.29, 0.717) is 22.8 Å². The van der Waals surface area contributed by atoms with Gasteiger partial charge in [-0.05, 0) is 41.1 Å². The van der Waals surface area contributed by atoms with E-state index in [9.17, 15) is 4.79 Å². The number of carbonyl (C=O) groups is 1. The molecule has 26 heavy (non-hydrogen) atoms. The number of benzene rings is 1. The molecule has 1 amide bonds. The Balaban J connectivity index is 1.63. The Hall–Kier alpha value is -3.75. The van der Waals surface area contributed by atoms with Gasteiger partial charge in [-0.15, -0.1) is 5.10 Å². The number of aromatic nitrogens is 6. The molecule has 3 aromatic heterocycles. The monoisotopic (exact) mass is 349 g/mol. The summed E-state index contributed by atoms with van der Waals surface area (Å²) < 4.78 is 8.70. The average Bonchev–Trinajstić information content (AvgIpc) is 3.32. The molecule has 9 heteroatoms. The molecule has 4 rings (SSSR count). The Bertz CT molecular complexity index is 1090. The highest BCUT2D eigenvalue weighted by atomic mass is 16.5. The number of amides is 1. The van der Waals surface area contributed by atoms with Crippen molar-refractivity contribution in [2.75, 3.05) is 12.4 Å². The third kappa shape index (κ3) is 2.75. The molecule has 0 saturated carbocycles. The Morgan fingerprint density at radius 3 is 2.88 bits per heavy atom. The molecule has 4 aromatic rings. The van der Waals surface area contributed by atoms with Crippen LogP contribution in [0.5, 0.6) is 5.75 Å². The zero-order valence-corrected chi connectivity index (χ0v) is 14.1. The molecule has 0 radical (unpaired) electrons. The van der Waals surface area contributed by atoms with Gasteiger partial charge in [-0.3, -0.25) is 4.79 Å². The van der Waals surface area contributed by atoms with Crippen LogP contribution in [0.3, 0.4) is 0 Å². The topological polar surface area (TPSA) is 99.2 Å². The number of tetrazole rings is 1. The molecule has 0 bridgehead atoms. The number of hydrogen-bond donors (Lipinski definition) is 1. The molecule has 1 N–H and O–H groups in total. The van der Waals surface area contributed by atoms with Crippen LogP contribution in [-0.4, -0.2) is 42.6 Å². The molecular formula is C17H15N7O2. The van der Waals surface area contributed by atoms with E-state index >= 15 is 0 Å². The standard InChI is InChI=1S/C17H15N7O2/c1-11-4-3-7-23-9-14(19-16(11)23)17(25)20-13-6-5-12(8-15(13)26-2)24-10-18-21-22-24/h3-10H,1-2H3,(H,20,25). The molecule has 3 heterocycles. The zero-order valence-electron chi connectivity index (χ0n) is 14.1. The van der Waals surface area contributed by atoms with Crippen LogP contribution in [0.4, 0.5) is 5.69 Å². The quantitative estimate of drug-likeness (QED) is 0.604. The number of anilines is 1. The molecule has 1 aromatic carbocycles. The molecule has 0 saturated heterocycles. The predicted molar refractivity (Wildman–Crippen MR) is 93.6 cm³/mol. The van der Waals surface area contributed by atoms with Gasteiger partial charge in [-0.1, -0.05) is 6.07 Å². The number of methoxy groups -OCH3 is 1. The van der Waals surface area contributed by atoms with Gasteiger partial charge >= 0.3 is 0 Å². The van der Waals surface area contributed by atoms with E-state index in [4.69, 9.17) is 4.74 Å². The fraction of sp³-hybridized carbons (Fsp3) is 0.118. The van der Waals surface area contributed by atoms with Crippen molar-refractivity contribution < 1.29 is 9.53 Å². The molecule has 0 aliphatic heterocycles. The average molecular weight is 349 g/mol. The normalized spacial score (nSPS) is 10.8. The minimum absolute atomic E-state index is 0.318. The SMILES string of the molecule is COc1cc(-n2cnnn2)ccc1NC(=O)c1cn2cccc(C)c2n1. The number of nitrogens with zero attached hydrogens (tertiary/aromatic N) is 6. The lowest BCUT2D eigenvalue weighted by molar-refractivity contribution is 0.102. The van der Waals surface area contributed by atoms with Crippen LogP contribution < -0.4 is 10.1 Å². The lowest BCUT2D eigenvalue weighted by atomic mass is 10.2. The zero-order chi connectivity index (χ0) is 18.1. The highest BCUT2D eigenvalue weighted by Gasteiger charge is 2.15. The summed E-state index contributed by atoms with van der Waals surface area (Å²) in [6, 6.07) is 9.11. The molecule has 0 unspecified atom stereocenters. The fourth-order valence-corrected chi connectivity index (χ4v) is 2.65. The number of carbonyl (C=O) groups excluding carboxylic acids is 1. The summed E-state index contributed by atoms with van der Waals surface area (Å²) in [5.41, 5.74) is 3.32. The van der Waals surface area contributed by atoms with E-state index in [0.717, 1.165) is 11.2 Å². The van der Waals surface area contributed by atoms with Gasteiger partial charge in [0.2, 0.25) is 0 Å². The number of ether oxygens (including phenoxy) is 1. The summed E-state index contributed by atoms with van der Waals surface area (Å²) in [5.74, 6) is 0.174. The minimum Gasteiger partial charge on any atom is -0.494 e. The van der Waals surface area contributed by atoms with Crippen LogP contribution >= 0.6 is 0 Å².